The Kier molecular flexibility index (Phi) is 4.96. The molecule has 0 spiro atoms. The zero-order chi connectivity index (χ0) is 12.8. The smallest absolute Gasteiger partial charge is 0.261 e. The average Bonchev–Trinajstić information content (AvgIpc) is 2.58. The minimum absolute atomic E-state index is 0.117. The molecule has 0 bridgehead atoms. The third-order valence-corrected chi connectivity index (χ3v) is 3.38. The molecular formula is C11H17N3O2S. The summed E-state index contributed by atoms with van der Waals surface area (Å²) >= 11 is 1.38. The van der Waals surface area contributed by atoms with Crippen molar-refractivity contribution < 1.29 is 9.59 Å². The predicted octanol–water partition coefficient (Wildman–Crippen LogP) is 1.02. The Morgan fingerprint density at radius 2 is 2.12 bits per heavy atom. The largest absolute Gasteiger partial charge is 0.398 e. The van der Waals surface area contributed by atoms with Crippen LogP contribution in [0.2, 0.25) is 0 Å². The highest BCUT2D eigenvalue weighted by Crippen LogP contribution is 2.22. The van der Waals surface area contributed by atoms with Gasteiger partial charge in [-0.1, -0.05) is 0 Å². The van der Waals surface area contributed by atoms with E-state index in [2.05, 4.69) is 5.32 Å². The van der Waals surface area contributed by atoms with Gasteiger partial charge in [0.25, 0.3) is 5.91 Å². The van der Waals surface area contributed by atoms with Gasteiger partial charge in [0.1, 0.15) is 0 Å². The first kappa shape index (κ1) is 13.5. The molecule has 0 unspecified atom stereocenters. The summed E-state index contributed by atoms with van der Waals surface area (Å²) in [6.45, 7) is 2.42. The molecule has 2 amide bonds. The SMILES string of the molecule is Cc1sc(C(=O)NCCCCC(N)=O)cc1N. The van der Waals surface area contributed by atoms with Crippen molar-refractivity contribution in [2.24, 2.45) is 5.73 Å². The molecule has 0 radical (unpaired) electrons. The normalized spacial score (nSPS) is 10.2. The van der Waals surface area contributed by atoms with Crippen LogP contribution in [0.15, 0.2) is 6.07 Å². The number of aryl methyl sites for hydroxylation is 1. The Morgan fingerprint density at radius 3 is 2.65 bits per heavy atom. The van der Waals surface area contributed by atoms with Crippen molar-refractivity contribution in [3.8, 4) is 0 Å². The number of primary amides is 1. The molecule has 5 N–H and O–H groups in total. The van der Waals surface area contributed by atoms with Gasteiger partial charge < -0.3 is 16.8 Å². The number of carbonyl (C=O) groups is 2. The molecule has 0 aliphatic carbocycles. The van der Waals surface area contributed by atoms with Crippen LogP contribution in [0.4, 0.5) is 5.69 Å². The molecule has 1 aromatic heterocycles. The monoisotopic (exact) mass is 255 g/mol. The van der Waals surface area contributed by atoms with Crippen LogP contribution in [0.25, 0.3) is 0 Å². The Hall–Kier alpha value is -1.56. The molecule has 0 aliphatic heterocycles. The molecule has 94 valence electrons. The van der Waals surface area contributed by atoms with Crippen molar-refractivity contribution >= 4 is 28.8 Å². The van der Waals surface area contributed by atoms with Crippen LogP contribution < -0.4 is 16.8 Å². The first-order valence-electron chi connectivity index (χ1n) is 5.43. The lowest BCUT2D eigenvalue weighted by Crippen LogP contribution is -2.23. The topological polar surface area (TPSA) is 98.2 Å². The van der Waals surface area contributed by atoms with Gasteiger partial charge in [-0.15, -0.1) is 11.3 Å². The molecular weight excluding hydrogens is 238 g/mol. The Labute approximate surface area is 104 Å². The highest BCUT2D eigenvalue weighted by atomic mass is 32.1. The number of thiophene rings is 1. The van der Waals surface area contributed by atoms with Crippen LogP contribution in [0.1, 0.15) is 33.8 Å². The van der Waals surface area contributed by atoms with Crippen molar-refractivity contribution in [2.75, 3.05) is 12.3 Å². The van der Waals surface area contributed by atoms with Gasteiger partial charge in [0.2, 0.25) is 5.91 Å². The fraction of sp³-hybridized carbons (Fsp3) is 0.455. The van der Waals surface area contributed by atoms with Crippen molar-refractivity contribution in [3.63, 3.8) is 0 Å². The van der Waals surface area contributed by atoms with Crippen LogP contribution in [-0.2, 0) is 4.79 Å². The summed E-state index contributed by atoms with van der Waals surface area (Å²) in [7, 11) is 0. The number of nitrogen functional groups attached to an aromatic ring is 1. The van der Waals surface area contributed by atoms with E-state index in [0.29, 0.717) is 30.0 Å². The van der Waals surface area contributed by atoms with Gasteiger partial charge in [-0.05, 0) is 25.8 Å². The zero-order valence-electron chi connectivity index (χ0n) is 9.79. The number of anilines is 1. The summed E-state index contributed by atoms with van der Waals surface area (Å²) in [4.78, 5) is 23.7. The summed E-state index contributed by atoms with van der Waals surface area (Å²) in [5.74, 6) is -0.424. The van der Waals surface area contributed by atoms with E-state index in [1.807, 2.05) is 6.92 Å². The van der Waals surface area contributed by atoms with Gasteiger partial charge in [0, 0.05) is 23.5 Å². The van der Waals surface area contributed by atoms with E-state index in [-0.39, 0.29) is 11.8 Å². The molecule has 0 aliphatic rings. The third kappa shape index (κ3) is 4.44. The van der Waals surface area contributed by atoms with E-state index in [4.69, 9.17) is 11.5 Å². The molecule has 1 heterocycles. The summed E-state index contributed by atoms with van der Waals surface area (Å²) in [6.07, 6.45) is 1.80. The molecule has 0 saturated carbocycles. The number of carbonyl (C=O) groups excluding carboxylic acids is 2. The molecule has 1 aromatic rings. The lowest BCUT2D eigenvalue weighted by Gasteiger charge is -2.02. The van der Waals surface area contributed by atoms with Gasteiger partial charge in [-0.3, -0.25) is 9.59 Å². The van der Waals surface area contributed by atoms with Crippen LogP contribution in [0.3, 0.4) is 0 Å². The predicted molar refractivity (Wildman–Crippen MR) is 68.8 cm³/mol. The van der Waals surface area contributed by atoms with Crippen molar-refractivity contribution in [1.29, 1.82) is 0 Å². The molecule has 6 heteroatoms. The van der Waals surface area contributed by atoms with E-state index in [1.54, 1.807) is 6.07 Å². The van der Waals surface area contributed by atoms with E-state index < -0.39 is 0 Å². The van der Waals surface area contributed by atoms with Crippen LogP contribution >= 0.6 is 11.3 Å². The summed E-state index contributed by atoms with van der Waals surface area (Å²) in [5, 5.41) is 2.78. The summed E-state index contributed by atoms with van der Waals surface area (Å²) in [6, 6.07) is 1.68. The maximum atomic E-state index is 11.7. The van der Waals surface area contributed by atoms with Gasteiger partial charge in [0.05, 0.1) is 4.88 Å². The molecule has 0 atom stereocenters. The number of amides is 2. The van der Waals surface area contributed by atoms with Crippen molar-refractivity contribution in [3.05, 3.63) is 15.8 Å². The Balaban J connectivity index is 2.28. The van der Waals surface area contributed by atoms with Gasteiger partial charge in [-0.25, -0.2) is 0 Å². The molecule has 17 heavy (non-hydrogen) atoms. The Morgan fingerprint density at radius 1 is 1.41 bits per heavy atom. The molecule has 5 nitrogen and oxygen atoms in total. The number of hydrogen-bond donors (Lipinski definition) is 3. The van der Waals surface area contributed by atoms with Crippen LogP contribution in [-0.4, -0.2) is 18.4 Å². The Bertz CT molecular complexity index is 395. The number of rotatable bonds is 6. The fourth-order valence-electron chi connectivity index (χ4n) is 1.32. The summed E-state index contributed by atoms with van der Waals surface area (Å²) in [5.41, 5.74) is 11.3. The second kappa shape index (κ2) is 6.24. The highest BCUT2D eigenvalue weighted by Gasteiger charge is 2.09. The fourth-order valence-corrected chi connectivity index (χ4v) is 2.18. The molecule has 0 saturated heterocycles. The number of hydrogen-bond acceptors (Lipinski definition) is 4. The second-order valence-electron chi connectivity index (χ2n) is 3.80. The van der Waals surface area contributed by atoms with E-state index >= 15 is 0 Å². The average molecular weight is 255 g/mol. The quantitative estimate of drug-likeness (QED) is 0.662. The standard InChI is InChI=1S/C11H17N3O2S/c1-7-8(12)6-9(17-7)11(16)14-5-3-2-4-10(13)15/h6H,2-5,12H2,1H3,(H2,13,15)(H,14,16). The van der Waals surface area contributed by atoms with Crippen LogP contribution in [0.5, 0.6) is 0 Å². The number of nitrogens with two attached hydrogens (primary N) is 2. The second-order valence-corrected chi connectivity index (χ2v) is 5.06. The maximum absolute atomic E-state index is 11.7. The van der Waals surface area contributed by atoms with Crippen molar-refractivity contribution in [2.45, 2.75) is 26.2 Å². The lowest BCUT2D eigenvalue weighted by molar-refractivity contribution is -0.118. The maximum Gasteiger partial charge on any atom is 0.261 e. The first-order chi connectivity index (χ1) is 8.00. The van der Waals surface area contributed by atoms with E-state index in [9.17, 15) is 9.59 Å². The van der Waals surface area contributed by atoms with Crippen LogP contribution in [0, 0.1) is 6.92 Å². The summed E-state index contributed by atoms with van der Waals surface area (Å²) < 4.78 is 0. The minimum Gasteiger partial charge on any atom is -0.398 e. The number of unbranched alkanes of at least 4 members (excludes halogenated alkanes) is 1. The van der Waals surface area contributed by atoms with Gasteiger partial charge in [-0.2, -0.15) is 0 Å². The lowest BCUT2D eigenvalue weighted by atomic mass is 10.2. The highest BCUT2D eigenvalue weighted by molar-refractivity contribution is 7.14. The first-order valence-corrected chi connectivity index (χ1v) is 6.24. The third-order valence-electron chi connectivity index (χ3n) is 2.32. The van der Waals surface area contributed by atoms with Crippen molar-refractivity contribution in [1.82, 2.24) is 5.32 Å². The van der Waals surface area contributed by atoms with E-state index in [1.165, 1.54) is 11.3 Å². The molecule has 1 rings (SSSR count). The minimum atomic E-state index is -0.307. The number of nitrogens with one attached hydrogen (secondary N) is 1. The zero-order valence-corrected chi connectivity index (χ0v) is 10.6. The van der Waals surface area contributed by atoms with E-state index in [0.717, 1.165) is 11.3 Å². The molecule has 0 fully saturated rings. The van der Waals surface area contributed by atoms with Gasteiger partial charge in [0.15, 0.2) is 0 Å². The molecule has 0 aromatic carbocycles. The van der Waals surface area contributed by atoms with Gasteiger partial charge >= 0.3 is 0 Å².